The van der Waals surface area contributed by atoms with E-state index in [1.807, 2.05) is 60.0 Å². The molecule has 1 amide bonds. The summed E-state index contributed by atoms with van der Waals surface area (Å²) in [7, 11) is 1.60. The average Bonchev–Trinajstić information content (AvgIpc) is 3.29. The number of anilines is 1. The van der Waals surface area contributed by atoms with Crippen LogP contribution in [0, 0.1) is 5.82 Å². The molecule has 4 aromatic rings. The van der Waals surface area contributed by atoms with Gasteiger partial charge < -0.3 is 14.8 Å². The standard InChI is InChI=1S/C26H25FN4O3S/c1-17(34-21-13-9-12-20(16-21)33-3)24-29-30-26(31(24)19-10-5-4-6-11-19)35-18(2)25(32)28-23-15-8-7-14-22(23)27/h4-18H,1-3H3,(H,28,32). The van der Waals surface area contributed by atoms with Crippen LogP contribution in [-0.2, 0) is 4.79 Å². The lowest BCUT2D eigenvalue weighted by molar-refractivity contribution is -0.115. The summed E-state index contributed by atoms with van der Waals surface area (Å²) in [5, 5.41) is 11.3. The first-order chi connectivity index (χ1) is 17.0. The van der Waals surface area contributed by atoms with Crippen LogP contribution >= 0.6 is 11.8 Å². The van der Waals surface area contributed by atoms with Crippen molar-refractivity contribution in [1.29, 1.82) is 0 Å². The van der Waals surface area contributed by atoms with Crippen molar-refractivity contribution in [2.75, 3.05) is 12.4 Å². The summed E-state index contributed by atoms with van der Waals surface area (Å²) in [6.45, 7) is 3.62. The molecule has 7 nitrogen and oxygen atoms in total. The topological polar surface area (TPSA) is 78.3 Å². The van der Waals surface area contributed by atoms with E-state index in [2.05, 4.69) is 15.5 Å². The Morgan fingerprint density at radius 2 is 1.69 bits per heavy atom. The molecule has 2 atom stereocenters. The van der Waals surface area contributed by atoms with Gasteiger partial charge in [-0.15, -0.1) is 10.2 Å². The van der Waals surface area contributed by atoms with Crippen molar-refractivity contribution in [3.8, 4) is 17.2 Å². The molecule has 0 aliphatic heterocycles. The molecule has 2 unspecified atom stereocenters. The molecule has 180 valence electrons. The number of aromatic nitrogens is 3. The molecule has 1 N–H and O–H groups in total. The number of benzene rings is 3. The highest BCUT2D eigenvalue weighted by Gasteiger charge is 2.25. The third-order valence-corrected chi connectivity index (χ3v) is 6.22. The predicted molar refractivity (Wildman–Crippen MR) is 134 cm³/mol. The van der Waals surface area contributed by atoms with Gasteiger partial charge in [0.15, 0.2) is 17.1 Å². The van der Waals surface area contributed by atoms with Crippen LogP contribution < -0.4 is 14.8 Å². The van der Waals surface area contributed by atoms with Gasteiger partial charge in [-0.25, -0.2) is 4.39 Å². The first kappa shape index (κ1) is 24.3. The van der Waals surface area contributed by atoms with Crippen molar-refractivity contribution < 1.29 is 18.7 Å². The van der Waals surface area contributed by atoms with Gasteiger partial charge in [-0.1, -0.05) is 48.2 Å². The Hall–Kier alpha value is -3.85. The number of ether oxygens (including phenoxy) is 2. The van der Waals surface area contributed by atoms with Crippen molar-refractivity contribution in [3.05, 3.63) is 90.5 Å². The summed E-state index contributed by atoms with van der Waals surface area (Å²) in [4.78, 5) is 12.8. The molecule has 0 fully saturated rings. The maximum absolute atomic E-state index is 14.0. The zero-order valence-corrected chi connectivity index (χ0v) is 20.3. The van der Waals surface area contributed by atoms with Crippen molar-refractivity contribution in [3.63, 3.8) is 0 Å². The number of carbonyl (C=O) groups excluding carboxylic acids is 1. The van der Waals surface area contributed by atoms with E-state index < -0.39 is 17.2 Å². The number of halogens is 1. The third kappa shape index (κ3) is 5.81. The number of rotatable bonds is 9. The van der Waals surface area contributed by atoms with Crippen molar-refractivity contribution in [2.24, 2.45) is 0 Å². The Balaban J connectivity index is 1.59. The fourth-order valence-corrected chi connectivity index (χ4v) is 4.26. The highest BCUT2D eigenvalue weighted by molar-refractivity contribution is 8.00. The molecule has 0 aliphatic carbocycles. The Morgan fingerprint density at radius 1 is 0.971 bits per heavy atom. The lowest BCUT2D eigenvalue weighted by Crippen LogP contribution is -2.23. The summed E-state index contributed by atoms with van der Waals surface area (Å²) in [6.07, 6.45) is -0.452. The smallest absolute Gasteiger partial charge is 0.237 e. The monoisotopic (exact) mass is 492 g/mol. The Kier molecular flexibility index (Phi) is 7.67. The first-order valence-corrected chi connectivity index (χ1v) is 11.9. The van der Waals surface area contributed by atoms with Crippen LogP contribution in [0.4, 0.5) is 10.1 Å². The summed E-state index contributed by atoms with van der Waals surface area (Å²) >= 11 is 1.23. The zero-order valence-electron chi connectivity index (χ0n) is 19.5. The number of hydrogen-bond acceptors (Lipinski definition) is 6. The average molecular weight is 493 g/mol. The highest BCUT2D eigenvalue weighted by Crippen LogP contribution is 2.31. The van der Waals surface area contributed by atoms with Crippen LogP contribution in [0.25, 0.3) is 5.69 Å². The minimum atomic E-state index is -0.566. The van der Waals surface area contributed by atoms with Crippen molar-refractivity contribution in [1.82, 2.24) is 14.8 Å². The summed E-state index contributed by atoms with van der Waals surface area (Å²) in [5.74, 6) is 1.06. The van der Waals surface area contributed by atoms with Gasteiger partial charge in [0.1, 0.15) is 17.3 Å². The largest absolute Gasteiger partial charge is 0.497 e. The van der Waals surface area contributed by atoms with E-state index in [0.29, 0.717) is 22.5 Å². The van der Waals surface area contributed by atoms with E-state index in [-0.39, 0.29) is 11.6 Å². The Labute approximate surface area is 207 Å². The van der Waals surface area contributed by atoms with E-state index in [1.54, 1.807) is 32.2 Å². The van der Waals surface area contributed by atoms with E-state index in [0.717, 1.165) is 5.69 Å². The number of carbonyl (C=O) groups is 1. The number of thioether (sulfide) groups is 1. The van der Waals surface area contributed by atoms with Crippen LogP contribution in [0.15, 0.2) is 84.0 Å². The lowest BCUT2D eigenvalue weighted by atomic mass is 10.3. The van der Waals surface area contributed by atoms with Crippen LogP contribution in [0.1, 0.15) is 25.8 Å². The molecular weight excluding hydrogens is 467 g/mol. The molecule has 0 spiro atoms. The quantitative estimate of drug-likeness (QED) is 0.303. The van der Waals surface area contributed by atoms with Gasteiger partial charge in [-0.2, -0.15) is 0 Å². The van der Waals surface area contributed by atoms with Crippen molar-refractivity contribution in [2.45, 2.75) is 30.4 Å². The summed E-state index contributed by atoms with van der Waals surface area (Å²) in [6, 6.07) is 23.0. The molecule has 0 saturated carbocycles. The van der Waals surface area contributed by atoms with Crippen molar-refractivity contribution >= 4 is 23.4 Å². The highest BCUT2D eigenvalue weighted by atomic mass is 32.2. The zero-order chi connectivity index (χ0) is 24.8. The van der Waals surface area contributed by atoms with Crippen LogP contribution in [0.3, 0.4) is 0 Å². The Bertz CT molecular complexity index is 1300. The maximum atomic E-state index is 14.0. The minimum absolute atomic E-state index is 0.135. The molecule has 4 rings (SSSR count). The molecule has 35 heavy (non-hydrogen) atoms. The molecule has 0 saturated heterocycles. The second-order valence-corrected chi connectivity index (χ2v) is 8.99. The van der Waals surface area contributed by atoms with E-state index in [9.17, 15) is 9.18 Å². The normalized spacial score (nSPS) is 12.6. The van der Waals surface area contributed by atoms with Gasteiger partial charge in [0.25, 0.3) is 0 Å². The summed E-state index contributed by atoms with van der Waals surface area (Å²) < 4.78 is 27.2. The van der Waals surface area contributed by atoms with Crippen LogP contribution in [0.2, 0.25) is 0 Å². The molecule has 3 aromatic carbocycles. The first-order valence-electron chi connectivity index (χ1n) is 11.0. The molecule has 0 aliphatic rings. The number of nitrogens with one attached hydrogen (secondary N) is 1. The van der Waals surface area contributed by atoms with Crippen LogP contribution in [0.5, 0.6) is 11.5 Å². The predicted octanol–water partition coefficient (Wildman–Crippen LogP) is 5.67. The maximum Gasteiger partial charge on any atom is 0.237 e. The van der Waals surface area contributed by atoms with Gasteiger partial charge in [0.2, 0.25) is 5.91 Å². The van der Waals surface area contributed by atoms with Gasteiger partial charge in [0, 0.05) is 11.8 Å². The molecule has 1 aromatic heterocycles. The molecular formula is C26H25FN4O3S. The SMILES string of the molecule is COc1cccc(OC(C)c2nnc(SC(C)C(=O)Nc3ccccc3F)n2-c2ccccc2)c1. The van der Waals surface area contributed by atoms with Gasteiger partial charge in [0.05, 0.1) is 18.0 Å². The van der Waals surface area contributed by atoms with Crippen LogP contribution in [-0.4, -0.2) is 33.0 Å². The number of hydrogen-bond donors (Lipinski definition) is 1. The molecule has 9 heteroatoms. The number of methoxy groups -OCH3 is 1. The van der Waals surface area contributed by atoms with E-state index in [1.165, 1.54) is 23.9 Å². The Morgan fingerprint density at radius 3 is 2.43 bits per heavy atom. The number of amides is 1. The molecule has 0 bridgehead atoms. The molecule has 0 radical (unpaired) electrons. The third-order valence-electron chi connectivity index (χ3n) is 5.17. The van der Waals surface area contributed by atoms with Gasteiger partial charge >= 0.3 is 0 Å². The summed E-state index contributed by atoms with van der Waals surface area (Å²) in [5.41, 5.74) is 0.966. The second-order valence-electron chi connectivity index (χ2n) is 7.68. The minimum Gasteiger partial charge on any atom is -0.497 e. The lowest BCUT2D eigenvalue weighted by Gasteiger charge is -2.18. The second kappa shape index (κ2) is 11.1. The number of para-hydroxylation sites is 2. The molecule has 1 heterocycles. The van der Waals surface area contributed by atoms with Gasteiger partial charge in [-0.05, 0) is 50.2 Å². The number of nitrogens with zero attached hydrogens (tertiary/aromatic N) is 3. The fraction of sp³-hybridized carbons (Fsp3) is 0.192. The fourth-order valence-electron chi connectivity index (χ4n) is 3.38. The van der Waals surface area contributed by atoms with E-state index >= 15 is 0 Å². The van der Waals surface area contributed by atoms with E-state index in [4.69, 9.17) is 9.47 Å². The van der Waals surface area contributed by atoms with Gasteiger partial charge in [-0.3, -0.25) is 9.36 Å².